The van der Waals surface area contributed by atoms with Crippen LogP contribution in [0.5, 0.6) is 5.75 Å². The molecule has 3 aromatic carbocycles. The van der Waals surface area contributed by atoms with Crippen molar-refractivity contribution in [1.82, 2.24) is 4.57 Å². The molecule has 5 rings (SSSR count). The quantitative estimate of drug-likeness (QED) is 0.205. The molecular weight excluding hydrogens is 680 g/mol. The average molecular weight is 703 g/mol. The van der Waals surface area contributed by atoms with E-state index in [1.807, 2.05) is 60.7 Å². The SMILES string of the molecule is CCOC(=O)C1=C(C)N=c2s/c(=C/c3cc(Br)c(OCc4ccccc4)c(Br)c3)c(=O)n2[C@H]1c1ccc(Cl)cc1. The maximum absolute atomic E-state index is 13.8. The minimum absolute atomic E-state index is 0.211. The molecule has 0 radical (unpaired) electrons. The molecule has 1 aliphatic rings. The lowest BCUT2D eigenvalue weighted by Crippen LogP contribution is -2.39. The summed E-state index contributed by atoms with van der Waals surface area (Å²) < 4.78 is 14.9. The van der Waals surface area contributed by atoms with Gasteiger partial charge in [0.2, 0.25) is 0 Å². The van der Waals surface area contributed by atoms with E-state index in [1.165, 1.54) is 11.3 Å². The van der Waals surface area contributed by atoms with Gasteiger partial charge in [-0.2, -0.15) is 0 Å². The van der Waals surface area contributed by atoms with E-state index in [-0.39, 0.29) is 12.2 Å². The van der Waals surface area contributed by atoms with Gasteiger partial charge in [0.05, 0.1) is 37.4 Å². The summed E-state index contributed by atoms with van der Waals surface area (Å²) in [5, 5.41) is 0.557. The van der Waals surface area contributed by atoms with Gasteiger partial charge in [-0.15, -0.1) is 0 Å². The predicted molar refractivity (Wildman–Crippen MR) is 164 cm³/mol. The Kier molecular flexibility index (Phi) is 8.75. The van der Waals surface area contributed by atoms with Crippen molar-refractivity contribution in [3.8, 4) is 5.75 Å². The van der Waals surface area contributed by atoms with Crippen molar-refractivity contribution < 1.29 is 14.3 Å². The van der Waals surface area contributed by atoms with Crippen molar-refractivity contribution in [2.24, 2.45) is 4.99 Å². The lowest BCUT2D eigenvalue weighted by Gasteiger charge is -2.24. The van der Waals surface area contributed by atoms with Gasteiger partial charge in [-0.05, 0) is 92.7 Å². The number of hydrogen-bond acceptors (Lipinski definition) is 6. The summed E-state index contributed by atoms with van der Waals surface area (Å²) in [6.45, 7) is 4.13. The monoisotopic (exact) mass is 700 g/mol. The number of aromatic nitrogens is 1. The molecule has 0 aliphatic carbocycles. The zero-order chi connectivity index (χ0) is 28.4. The first kappa shape index (κ1) is 28.5. The lowest BCUT2D eigenvalue weighted by molar-refractivity contribution is -0.139. The van der Waals surface area contributed by atoms with Crippen molar-refractivity contribution in [2.45, 2.75) is 26.5 Å². The van der Waals surface area contributed by atoms with Crippen molar-refractivity contribution in [1.29, 1.82) is 0 Å². The Balaban J connectivity index is 1.56. The highest BCUT2D eigenvalue weighted by Crippen LogP contribution is 2.36. The van der Waals surface area contributed by atoms with Gasteiger partial charge in [-0.3, -0.25) is 9.36 Å². The molecule has 4 aromatic rings. The second-order valence-corrected chi connectivity index (χ2v) is 12.1. The molecule has 1 atom stereocenters. The highest BCUT2D eigenvalue weighted by molar-refractivity contribution is 9.11. The maximum atomic E-state index is 13.8. The topological polar surface area (TPSA) is 69.9 Å². The highest BCUT2D eigenvalue weighted by Gasteiger charge is 2.33. The highest BCUT2D eigenvalue weighted by atomic mass is 79.9. The number of thiazole rings is 1. The molecule has 0 saturated carbocycles. The molecule has 0 unspecified atom stereocenters. The molecule has 6 nitrogen and oxygen atoms in total. The number of hydrogen-bond donors (Lipinski definition) is 0. The normalized spacial score (nSPS) is 15.0. The van der Waals surface area contributed by atoms with E-state index in [0.717, 1.165) is 25.6 Å². The molecule has 1 aliphatic heterocycles. The third kappa shape index (κ3) is 5.88. The van der Waals surface area contributed by atoms with E-state index in [4.69, 9.17) is 21.1 Å². The van der Waals surface area contributed by atoms with Gasteiger partial charge in [0.25, 0.3) is 5.56 Å². The van der Waals surface area contributed by atoms with E-state index in [2.05, 4.69) is 36.9 Å². The van der Waals surface area contributed by atoms with Gasteiger partial charge >= 0.3 is 5.97 Å². The Bertz CT molecular complexity index is 1780. The van der Waals surface area contributed by atoms with Gasteiger partial charge in [0.1, 0.15) is 12.4 Å². The molecule has 40 heavy (non-hydrogen) atoms. The Labute approximate surface area is 256 Å². The molecule has 0 bridgehead atoms. The van der Waals surface area contributed by atoms with Gasteiger partial charge in [0.15, 0.2) is 4.80 Å². The molecule has 10 heteroatoms. The van der Waals surface area contributed by atoms with Crippen LogP contribution in [0.25, 0.3) is 6.08 Å². The summed E-state index contributed by atoms with van der Waals surface area (Å²) in [5.74, 6) is 0.164. The molecular formula is C30H23Br2ClN2O4S. The summed E-state index contributed by atoms with van der Waals surface area (Å²) in [7, 11) is 0. The second-order valence-electron chi connectivity index (χ2n) is 8.94. The zero-order valence-corrected chi connectivity index (χ0v) is 26.2. The zero-order valence-electron chi connectivity index (χ0n) is 21.5. The fourth-order valence-corrected chi connectivity index (χ4v) is 7.06. The van der Waals surface area contributed by atoms with Gasteiger partial charge in [0, 0.05) is 5.02 Å². The number of nitrogens with zero attached hydrogens (tertiary/aromatic N) is 2. The van der Waals surface area contributed by atoms with Crippen LogP contribution in [-0.4, -0.2) is 17.1 Å². The number of rotatable bonds is 7. The average Bonchev–Trinajstić information content (AvgIpc) is 3.22. The van der Waals surface area contributed by atoms with Crippen LogP contribution < -0.4 is 19.6 Å². The third-order valence-electron chi connectivity index (χ3n) is 6.25. The number of esters is 1. The van der Waals surface area contributed by atoms with Crippen LogP contribution in [0, 0.1) is 0 Å². The van der Waals surface area contributed by atoms with Gasteiger partial charge in [-0.25, -0.2) is 9.79 Å². The summed E-state index contributed by atoms with van der Waals surface area (Å²) in [6.07, 6.45) is 1.81. The minimum atomic E-state index is -0.693. The van der Waals surface area contributed by atoms with E-state index in [9.17, 15) is 9.59 Å². The van der Waals surface area contributed by atoms with Crippen molar-refractivity contribution >= 4 is 66.8 Å². The third-order valence-corrected chi connectivity index (χ3v) is 8.66. The smallest absolute Gasteiger partial charge is 0.338 e. The van der Waals surface area contributed by atoms with Crippen molar-refractivity contribution in [2.75, 3.05) is 6.61 Å². The maximum Gasteiger partial charge on any atom is 0.338 e. The Morgan fingerprint density at radius 3 is 2.42 bits per heavy atom. The molecule has 0 amide bonds. The van der Waals surface area contributed by atoms with Crippen molar-refractivity contribution in [3.05, 3.63) is 128 Å². The van der Waals surface area contributed by atoms with Crippen LogP contribution >= 0.6 is 54.8 Å². The van der Waals surface area contributed by atoms with Crippen LogP contribution in [-0.2, 0) is 16.1 Å². The van der Waals surface area contributed by atoms with Gasteiger partial charge in [-0.1, -0.05) is 65.4 Å². The number of carbonyl (C=O) groups excluding carboxylic acids is 1. The first-order chi connectivity index (χ1) is 19.3. The van der Waals surface area contributed by atoms with Crippen LogP contribution in [0.3, 0.4) is 0 Å². The number of carbonyl (C=O) groups is 1. The molecule has 0 spiro atoms. The second kappa shape index (κ2) is 12.3. The number of halogens is 3. The summed E-state index contributed by atoms with van der Waals surface area (Å²) in [6, 6.07) is 20.1. The Hall–Kier alpha value is -2.98. The predicted octanol–water partition coefficient (Wildman–Crippen LogP) is 6.56. The number of benzene rings is 3. The summed E-state index contributed by atoms with van der Waals surface area (Å²) >= 11 is 14.6. The van der Waals surface area contributed by atoms with Crippen LogP contribution in [0.4, 0.5) is 0 Å². The fourth-order valence-electron chi connectivity index (χ4n) is 4.43. The number of ether oxygens (including phenoxy) is 2. The van der Waals surface area contributed by atoms with Gasteiger partial charge < -0.3 is 9.47 Å². The molecule has 0 saturated heterocycles. The standard InChI is InChI=1S/C30H23Br2ClN2O4S/c1-3-38-29(37)25-17(2)34-30-35(26(25)20-9-11-21(33)12-10-20)28(36)24(40-30)15-19-13-22(31)27(23(32)14-19)39-16-18-7-5-4-6-8-18/h4-15,26H,3,16H2,1-2H3/b24-15+/t26-/m0/s1. The lowest BCUT2D eigenvalue weighted by atomic mass is 9.96. The molecule has 2 heterocycles. The minimum Gasteiger partial charge on any atom is -0.487 e. The Morgan fingerprint density at radius 1 is 1.10 bits per heavy atom. The molecule has 0 fully saturated rings. The molecule has 204 valence electrons. The van der Waals surface area contributed by atoms with E-state index in [0.29, 0.717) is 38.0 Å². The summed E-state index contributed by atoms with van der Waals surface area (Å²) in [4.78, 5) is 32.0. The first-order valence-corrected chi connectivity index (χ1v) is 15.2. The van der Waals surface area contributed by atoms with Crippen LogP contribution in [0.15, 0.2) is 96.7 Å². The van der Waals surface area contributed by atoms with E-state index in [1.54, 1.807) is 30.5 Å². The van der Waals surface area contributed by atoms with E-state index >= 15 is 0 Å². The summed E-state index contributed by atoms with van der Waals surface area (Å²) in [5.41, 5.74) is 3.17. The number of allylic oxidation sites excluding steroid dienone is 1. The largest absolute Gasteiger partial charge is 0.487 e. The van der Waals surface area contributed by atoms with Crippen LogP contribution in [0.1, 0.15) is 36.6 Å². The first-order valence-electron chi connectivity index (χ1n) is 12.4. The van der Waals surface area contributed by atoms with Crippen molar-refractivity contribution in [3.63, 3.8) is 0 Å². The Morgan fingerprint density at radius 2 is 1.77 bits per heavy atom. The molecule has 0 N–H and O–H groups in total. The number of fused-ring (bicyclic) bond motifs is 1. The van der Waals surface area contributed by atoms with Crippen LogP contribution in [0.2, 0.25) is 5.02 Å². The fraction of sp³-hybridized carbons (Fsp3) is 0.167. The van der Waals surface area contributed by atoms with E-state index < -0.39 is 12.0 Å². The molecule has 1 aromatic heterocycles.